The summed E-state index contributed by atoms with van der Waals surface area (Å²) in [4.78, 5) is 4.04. The van der Waals surface area contributed by atoms with Gasteiger partial charge >= 0.3 is 0 Å². The first kappa shape index (κ1) is 14.7. The van der Waals surface area contributed by atoms with Crippen LogP contribution in [0.2, 0.25) is 0 Å². The van der Waals surface area contributed by atoms with Crippen molar-refractivity contribution in [2.75, 3.05) is 0 Å². The van der Waals surface area contributed by atoms with Crippen molar-refractivity contribution in [3.63, 3.8) is 0 Å². The number of pyridine rings is 1. The predicted octanol–water partition coefficient (Wildman–Crippen LogP) is 3.68. The van der Waals surface area contributed by atoms with Crippen molar-refractivity contribution in [2.24, 2.45) is 0 Å². The molecule has 2 nitrogen and oxygen atoms in total. The summed E-state index contributed by atoms with van der Waals surface area (Å²) in [6, 6.07) is 9.09. The zero-order valence-corrected chi connectivity index (χ0v) is 12.2. The average molecular weight is 273 g/mol. The van der Waals surface area contributed by atoms with Crippen molar-refractivity contribution in [3.05, 3.63) is 64.7 Å². The van der Waals surface area contributed by atoms with Crippen molar-refractivity contribution in [2.45, 2.75) is 39.2 Å². The van der Waals surface area contributed by atoms with E-state index in [0.29, 0.717) is 18.5 Å². The number of hydrogen-bond donors (Lipinski definition) is 1. The second-order valence-corrected chi connectivity index (χ2v) is 5.35. The maximum atomic E-state index is 13.0. The fourth-order valence-electron chi connectivity index (χ4n) is 2.35. The third-order valence-corrected chi connectivity index (χ3v) is 3.78. The average Bonchev–Trinajstić information content (AvgIpc) is 2.43. The Morgan fingerprint density at radius 2 is 1.95 bits per heavy atom. The second-order valence-electron chi connectivity index (χ2n) is 5.35. The molecule has 1 unspecified atom stereocenters. The van der Waals surface area contributed by atoms with Gasteiger partial charge in [0.2, 0.25) is 0 Å². The van der Waals surface area contributed by atoms with E-state index in [9.17, 15) is 9.50 Å². The van der Waals surface area contributed by atoms with E-state index in [1.165, 1.54) is 6.07 Å². The van der Waals surface area contributed by atoms with Gasteiger partial charge in [0.15, 0.2) is 0 Å². The molecule has 1 aromatic carbocycles. The summed E-state index contributed by atoms with van der Waals surface area (Å²) < 4.78 is 13.0. The van der Waals surface area contributed by atoms with Gasteiger partial charge in [-0.05, 0) is 43.5 Å². The minimum Gasteiger partial charge on any atom is -0.383 e. The first-order valence-electron chi connectivity index (χ1n) is 6.85. The third kappa shape index (κ3) is 3.05. The summed E-state index contributed by atoms with van der Waals surface area (Å²) in [6.45, 7) is 5.98. The van der Waals surface area contributed by atoms with E-state index in [1.54, 1.807) is 6.07 Å². The standard InChI is InChI=1S/C17H20FNO/c1-4-17(20,16-8-7-15(18)11-19-16)10-14-9-12(2)5-6-13(14)3/h5-9,11,20H,4,10H2,1-3H3. The molecule has 106 valence electrons. The molecule has 0 aliphatic rings. The predicted molar refractivity (Wildman–Crippen MR) is 78.0 cm³/mol. The highest BCUT2D eigenvalue weighted by atomic mass is 19.1. The van der Waals surface area contributed by atoms with Crippen LogP contribution in [-0.2, 0) is 12.0 Å². The van der Waals surface area contributed by atoms with Crippen molar-refractivity contribution in [3.8, 4) is 0 Å². The van der Waals surface area contributed by atoms with Gasteiger partial charge in [-0.25, -0.2) is 4.39 Å². The normalized spacial score (nSPS) is 14.1. The molecule has 3 heteroatoms. The summed E-state index contributed by atoms with van der Waals surface area (Å²) in [5.41, 5.74) is 2.86. The highest BCUT2D eigenvalue weighted by molar-refractivity contribution is 5.33. The molecule has 0 saturated heterocycles. The Kier molecular flexibility index (Phi) is 4.19. The molecule has 0 spiro atoms. The smallest absolute Gasteiger partial charge is 0.141 e. The van der Waals surface area contributed by atoms with Gasteiger partial charge in [0.1, 0.15) is 11.4 Å². The molecule has 0 aliphatic carbocycles. The van der Waals surface area contributed by atoms with E-state index in [0.717, 1.165) is 22.9 Å². The Labute approximate surface area is 119 Å². The summed E-state index contributed by atoms with van der Waals surface area (Å²) in [5.74, 6) is -0.390. The highest BCUT2D eigenvalue weighted by Crippen LogP contribution is 2.29. The third-order valence-electron chi connectivity index (χ3n) is 3.78. The minimum absolute atomic E-state index is 0.390. The van der Waals surface area contributed by atoms with Crippen LogP contribution in [0.25, 0.3) is 0 Å². The first-order chi connectivity index (χ1) is 9.44. The van der Waals surface area contributed by atoms with Crippen LogP contribution in [-0.4, -0.2) is 10.1 Å². The van der Waals surface area contributed by atoms with Crippen molar-refractivity contribution in [1.29, 1.82) is 0 Å². The fraction of sp³-hybridized carbons (Fsp3) is 0.353. The van der Waals surface area contributed by atoms with E-state index in [1.807, 2.05) is 20.8 Å². The van der Waals surface area contributed by atoms with Crippen LogP contribution in [0.4, 0.5) is 4.39 Å². The molecule has 0 amide bonds. The molecule has 0 fully saturated rings. The summed E-state index contributed by atoms with van der Waals surface area (Å²) in [7, 11) is 0. The number of nitrogens with zero attached hydrogens (tertiary/aromatic N) is 1. The Balaban J connectivity index is 2.36. The molecular weight excluding hydrogens is 253 g/mol. The number of rotatable bonds is 4. The first-order valence-corrected chi connectivity index (χ1v) is 6.85. The van der Waals surface area contributed by atoms with E-state index < -0.39 is 5.60 Å². The van der Waals surface area contributed by atoms with Crippen LogP contribution in [0.15, 0.2) is 36.5 Å². The van der Waals surface area contributed by atoms with Crippen LogP contribution < -0.4 is 0 Å². The molecule has 0 radical (unpaired) electrons. The lowest BCUT2D eigenvalue weighted by molar-refractivity contribution is 0.0280. The molecule has 1 N–H and O–H groups in total. The quantitative estimate of drug-likeness (QED) is 0.922. The topological polar surface area (TPSA) is 33.1 Å². The van der Waals surface area contributed by atoms with Gasteiger partial charge in [0.05, 0.1) is 11.9 Å². The molecule has 20 heavy (non-hydrogen) atoms. The molecular formula is C17H20FNO. The summed E-state index contributed by atoms with van der Waals surface area (Å²) >= 11 is 0. The Hall–Kier alpha value is -1.74. The SMILES string of the molecule is CCC(O)(Cc1cc(C)ccc1C)c1ccc(F)cn1. The number of benzene rings is 1. The van der Waals surface area contributed by atoms with E-state index >= 15 is 0 Å². The van der Waals surface area contributed by atoms with Gasteiger partial charge in [0, 0.05) is 6.42 Å². The highest BCUT2D eigenvalue weighted by Gasteiger charge is 2.29. The number of aromatic nitrogens is 1. The van der Waals surface area contributed by atoms with Gasteiger partial charge in [-0.1, -0.05) is 30.7 Å². The fourth-order valence-corrected chi connectivity index (χ4v) is 2.35. The van der Waals surface area contributed by atoms with Crippen molar-refractivity contribution >= 4 is 0 Å². The molecule has 2 aromatic rings. The molecule has 0 saturated carbocycles. The van der Waals surface area contributed by atoms with Gasteiger partial charge in [-0.3, -0.25) is 4.98 Å². The van der Waals surface area contributed by atoms with Crippen molar-refractivity contribution < 1.29 is 9.50 Å². The maximum Gasteiger partial charge on any atom is 0.141 e. The lowest BCUT2D eigenvalue weighted by Gasteiger charge is -2.27. The van der Waals surface area contributed by atoms with Crippen LogP contribution in [0, 0.1) is 19.7 Å². The Morgan fingerprint density at radius 1 is 1.20 bits per heavy atom. The summed E-state index contributed by atoms with van der Waals surface area (Å²) in [5, 5.41) is 10.9. The largest absolute Gasteiger partial charge is 0.383 e. The van der Waals surface area contributed by atoms with Crippen molar-refractivity contribution in [1.82, 2.24) is 4.98 Å². The molecule has 1 atom stereocenters. The molecule has 0 bridgehead atoms. The molecule has 1 aromatic heterocycles. The Bertz CT molecular complexity index is 594. The number of aryl methyl sites for hydroxylation is 2. The maximum absolute atomic E-state index is 13.0. The van der Waals surface area contributed by atoms with E-state index in [4.69, 9.17) is 0 Å². The Morgan fingerprint density at radius 3 is 2.55 bits per heavy atom. The van der Waals surface area contributed by atoms with Gasteiger partial charge in [-0.15, -0.1) is 0 Å². The van der Waals surface area contributed by atoms with Crippen LogP contribution in [0.1, 0.15) is 35.7 Å². The second kappa shape index (κ2) is 5.71. The zero-order valence-electron chi connectivity index (χ0n) is 12.2. The molecule has 0 aliphatic heterocycles. The van der Waals surface area contributed by atoms with Crippen LogP contribution in [0.5, 0.6) is 0 Å². The lowest BCUT2D eigenvalue weighted by Crippen LogP contribution is -2.29. The van der Waals surface area contributed by atoms with E-state index in [-0.39, 0.29) is 5.82 Å². The monoisotopic (exact) mass is 273 g/mol. The number of aliphatic hydroxyl groups is 1. The van der Waals surface area contributed by atoms with E-state index in [2.05, 4.69) is 23.2 Å². The minimum atomic E-state index is -1.06. The number of hydrogen-bond acceptors (Lipinski definition) is 2. The van der Waals surface area contributed by atoms with Crippen LogP contribution in [0.3, 0.4) is 0 Å². The molecule has 2 rings (SSSR count). The number of halogens is 1. The van der Waals surface area contributed by atoms with Crippen LogP contribution >= 0.6 is 0 Å². The molecule has 1 heterocycles. The van der Waals surface area contributed by atoms with Gasteiger partial charge in [0.25, 0.3) is 0 Å². The zero-order chi connectivity index (χ0) is 14.8. The van der Waals surface area contributed by atoms with Gasteiger partial charge in [-0.2, -0.15) is 0 Å². The van der Waals surface area contributed by atoms with Gasteiger partial charge < -0.3 is 5.11 Å². The lowest BCUT2D eigenvalue weighted by atomic mass is 9.86. The summed E-state index contributed by atoms with van der Waals surface area (Å²) in [6.07, 6.45) is 2.16.